The summed E-state index contributed by atoms with van der Waals surface area (Å²) in [5.74, 6) is -1.03. The number of esters is 1. The van der Waals surface area contributed by atoms with Crippen LogP contribution in [0.3, 0.4) is 0 Å². The van der Waals surface area contributed by atoms with Gasteiger partial charge in [0.2, 0.25) is 0 Å². The zero-order valence-electron chi connectivity index (χ0n) is 10.1. The van der Waals surface area contributed by atoms with E-state index in [-0.39, 0.29) is 30.2 Å². The van der Waals surface area contributed by atoms with Crippen LogP contribution in [0.25, 0.3) is 6.08 Å². The van der Waals surface area contributed by atoms with Crippen LogP contribution in [0.5, 0.6) is 11.5 Å². The van der Waals surface area contributed by atoms with Gasteiger partial charge in [0.15, 0.2) is 11.5 Å². The summed E-state index contributed by atoms with van der Waals surface area (Å²) < 4.78 is 9.24. The van der Waals surface area contributed by atoms with Crippen molar-refractivity contribution in [2.24, 2.45) is 0 Å². The molecule has 0 aliphatic rings. The molecule has 1 rings (SSSR count). The van der Waals surface area contributed by atoms with Crippen molar-refractivity contribution in [2.45, 2.75) is 6.92 Å². The highest BCUT2D eigenvalue weighted by Gasteiger charge is 2.10. The fourth-order valence-electron chi connectivity index (χ4n) is 1.28. The Balaban J connectivity index is 3.09. The topological polar surface area (TPSA) is 96.6 Å². The minimum atomic E-state index is -0.740. The number of ether oxygens (including phenoxy) is 2. The molecule has 0 heterocycles. The van der Waals surface area contributed by atoms with Gasteiger partial charge < -0.3 is 14.6 Å². The number of aromatic hydroxyl groups is 1. The quantitative estimate of drug-likeness (QED) is 0.372. The Labute approximate surface area is 109 Å². The highest BCUT2D eigenvalue weighted by atomic mass is 16.5. The molecule has 1 aromatic carbocycles. The van der Waals surface area contributed by atoms with Gasteiger partial charge in [0, 0.05) is 0 Å². The van der Waals surface area contributed by atoms with Gasteiger partial charge in [-0.25, -0.2) is 4.79 Å². The molecule has 0 unspecified atom stereocenters. The summed E-state index contributed by atoms with van der Waals surface area (Å²) in [6, 6.07) is 5.78. The third kappa shape index (κ3) is 3.85. The smallest absolute Gasteiger partial charge is 0.348 e. The number of benzene rings is 1. The predicted molar refractivity (Wildman–Crippen MR) is 65.0 cm³/mol. The van der Waals surface area contributed by atoms with Crippen LogP contribution in [0.4, 0.5) is 0 Å². The molecule has 0 atom stereocenters. The highest BCUT2D eigenvalue weighted by molar-refractivity contribution is 5.97. The molecule has 0 aliphatic carbocycles. The van der Waals surface area contributed by atoms with Crippen LogP contribution in [0.1, 0.15) is 12.5 Å². The van der Waals surface area contributed by atoms with Gasteiger partial charge in [-0.2, -0.15) is 5.26 Å². The maximum atomic E-state index is 11.4. The van der Waals surface area contributed by atoms with Crippen LogP contribution >= 0.6 is 0 Å². The summed E-state index contributed by atoms with van der Waals surface area (Å²) in [5, 5.41) is 18.2. The molecule has 0 aliphatic heterocycles. The molecule has 1 N–H and O–H groups in total. The van der Waals surface area contributed by atoms with Crippen molar-refractivity contribution in [3.63, 3.8) is 0 Å². The van der Waals surface area contributed by atoms with Crippen LogP contribution in [-0.4, -0.2) is 24.2 Å². The Morgan fingerprint density at radius 1 is 1.53 bits per heavy atom. The molecule has 0 bridgehead atoms. The van der Waals surface area contributed by atoms with E-state index in [0.717, 1.165) is 0 Å². The minimum Gasteiger partial charge on any atom is -0.504 e. The average Bonchev–Trinajstić information content (AvgIpc) is 2.40. The first kappa shape index (κ1) is 14.3. The number of carbonyl (C=O) groups is 2. The fraction of sp³-hybridized carbons (Fsp3) is 0.154. The van der Waals surface area contributed by atoms with Crippen molar-refractivity contribution in [2.75, 3.05) is 6.61 Å². The van der Waals surface area contributed by atoms with E-state index < -0.39 is 5.97 Å². The zero-order chi connectivity index (χ0) is 14.3. The number of nitriles is 1. The molecule has 0 radical (unpaired) electrons. The van der Waals surface area contributed by atoms with Crippen molar-refractivity contribution in [1.29, 1.82) is 5.26 Å². The number of hydrogen-bond donors (Lipinski definition) is 1. The van der Waals surface area contributed by atoms with Crippen molar-refractivity contribution in [3.8, 4) is 17.6 Å². The second kappa shape index (κ2) is 6.81. The summed E-state index contributed by atoms with van der Waals surface area (Å²) in [7, 11) is 0. The Hall–Kier alpha value is -2.81. The Morgan fingerprint density at radius 3 is 2.84 bits per heavy atom. The normalized spacial score (nSPS) is 10.4. The van der Waals surface area contributed by atoms with Crippen LogP contribution in [0.2, 0.25) is 0 Å². The second-order valence-corrected chi connectivity index (χ2v) is 3.33. The number of hydrogen-bond acceptors (Lipinski definition) is 6. The monoisotopic (exact) mass is 261 g/mol. The van der Waals surface area contributed by atoms with Crippen LogP contribution in [-0.2, 0) is 14.3 Å². The molecule has 0 saturated carbocycles. The number of phenolic OH excluding ortho intramolecular Hbond substituents is 1. The molecule has 6 nitrogen and oxygen atoms in total. The summed E-state index contributed by atoms with van der Waals surface area (Å²) in [6.45, 7) is 1.95. The van der Waals surface area contributed by atoms with E-state index in [2.05, 4.69) is 4.74 Å². The van der Waals surface area contributed by atoms with E-state index in [9.17, 15) is 14.7 Å². The fourth-order valence-corrected chi connectivity index (χ4v) is 1.28. The zero-order valence-corrected chi connectivity index (χ0v) is 10.1. The molecule has 0 saturated heterocycles. The van der Waals surface area contributed by atoms with Gasteiger partial charge in [-0.05, 0) is 30.7 Å². The lowest BCUT2D eigenvalue weighted by atomic mass is 10.1. The molecule has 19 heavy (non-hydrogen) atoms. The minimum absolute atomic E-state index is 0.0649. The van der Waals surface area contributed by atoms with E-state index in [1.807, 2.05) is 0 Å². The summed E-state index contributed by atoms with van der Waals surface area (Å²) >= 11 is 0. The predicted octanol–water partition coefficient (Wildman–Crippen LogP) is 1.40. The molecule has 0 spiro atoms. The average molecular weight is 261 g/mol. The largest absolute Gasteiger partial charge is 0.504 e. The lowest BCUT2D eigenvalue weighted by Crippen LogP contribution is -2.06. The third-order valence-electron chi connectivity index (χ3n) is 2.09. The molecule has 0 aromatic heterocycles. The van der Waals surface area contributed by atoms with E-state index >= 15 is 0 Å². The summed E-state index contributed by atoms with van der Waals surface area (Å²) in [5.41, 5.74) is 0.226. The van der Waals surface area contributed by atoms with Crippen molar-refractivity contribution < 1.29 is 24.2 Å². The number of nitrogens with zero attached hydrogens (tertiary/aromatic N) is 1. The van der Waals surface area contributed by atoms with Crippen LogP contribution in [0, 0.1) is 11.3 Å². The van der Waals surface area contributed by atoms with Gasteiger partial charge in [-0.1, -0.05) is 6.07 Å². The molecule has 0 amide bonds. The second-order valence-electron chi connectivity index (χ2n) is 3.33. The SMILES string of the molecule is CCOC(=O)C(C#N)=Cc1ccc(O)c(OC=O)c1. The van der Waals surface area contributed by atoms with E-state index in [0.29, 0.717) is 5.56 Å². The lowest BCUT2D eigenvalue weighted by molar-refractivity contribution is -0.137. The Bertz CT molecular complexity index is 557. The van der Waals surface area contributed by atoms with E-state index in [4.69, 9.17) is 10.00 Å². The molecule has 0 fully saturated rings. The molecule has 6 heteroatoms. The van der Waals surface area contributed by atoms with E-state index in [1.54, 1.807) is 13.0 Å². The van der Waals surface area contributed by atoms with Gasteiger partial charge in [-0.3, -0.25) is 4.79 Å². The number of phenols is 1. The van der Waals surface area contributed by atoms with Gasteiger partial charge >= 0.3 is 5.97 Å². The number of rotatable bonds is 5. The highest BCUT2D eigenvalue weighted by Crippen LogP contribution is 2.27. The number of carbonyl (C=O) groups excluding carboxylic acids is 2. The maximum absolute atomic E-state index is 11.4. The van der Waals surface area contributed by atoms with Gasteiger partial charge in [0.1, 0.15) is 11.6 Å². The summed E-state index contributed by atoms with van der Waals surface area (Å²) in [6.07, 6.45) is 1.27. The summed E-state index contributed by atoms with van der Waals surface area (Å²) in [4.78, 5) is 21.6. The van der Waals surface area contributed by atoms with Crippen molar-refractivity contribution in [1.82, 2.24) is 0 Å². The first-order chi connectivity index (χ1) is 9.12. The maximum Gasteiger partial charge on any atom is 0.348 e. The van der Waals surface area contributed by atoms with Gasteiger partial charge in [0.25, 0.3) is 6.47 Å². The Morgan fingerprint density at radius 2 is 2.26 bits per heavy atom. The molecular weight excluding hydrogens is 250 g/mol. The first-order valence-corrected chi connectivity index (χ1v) is 5.34. The Kier molecular flexibility index (Phi) is 5.11. The molecule has 98 valence electrons. The lowest BCUT2D eigenvalue weighted by Gasteiger charge is -2.03. The van der Waals surface area contributed by atoms with Crippen molar-refractivity contribution in [3.05, 3.63) is 29.3 Å². The van der Waals surface area contributed by atoms with Crippen LogP contribution in [0.15, 0.2) is 23.8 Å². The van der Waals surface area contributed by atoms with Crippen LogP contribution < -0.4 is 4.74 Å². The first-order valence-electron chi connectivity index (χ1n) is 5.34. The third-order valence-corrected chi connectivity index (χ3v) is 2.09. The van der Waals surface area contributed by atoms with Crippen molar-refractivity contribution >= 4 is 18.5 Å². The van der Waals surface area contributed by atoms with E-state index in [1.165, 1.54) is 24.3 Å². The molecule has 1 aromatic rings. The molecular formula is C13H11NO5. The van der Waals surface area contributed by atoms with Gasteiger partial charge in [-0.15, -0.1) is 0 Å². The standard InChI is InChI=1S/C13H11NO5/c1-2-18-13(17)10(7-14)5-9-3-4-11(16)12(6-9)19-8-15/h3-6,8,16H,2H2,1H3. The van der Waals surface area contributed by atoms with Gasteiger partial charge in [0.05, 0.1) is 6.61 Å².